The fourth-order valence-corrected chi connectivity index (χ4v) is 5.03. The number of benzene rings is 2. The van der Waals surface area contributed by atoms with Gasteiger partial charge in [0.25, 0.3) is 0 Å². The molecule has 58 heavy (non-hydrogen) atoms. The maximum absolute atomic E-state index is 12.0. The molecular weight excluding hydrogens is 902 g/mol. The molecule has 0 N–H and O–H groups in total. The molecular formula is C36H38Cl2Cu2N8O10. The Labute approximate surface area is 360 Å². The van der Waals surface area contributed by atoms with Gasteiger partial charge < -0.3 is 19.3 Å². The van der Waals surface area contributed by atoms with Crippen LogP contribution >= 0.6 is 0 Å². The number of rotatable bonds is 12. The Morgan fingerprint density at radius 1 is 0.448 bits per heavy atom. The van der Waals surface area contributed by atoms with Crippen molar-refractivity contribution in [2.45, 2.75) is 39.3 Å². The topological polar surface area (TPSA) is 298 Å². The number of hydrogen-bond acceptors (Lipinski definition) is 16. The van der Waals surface area contributed by atoms with E-state index in [2.05, 4.69) is 29.7 Å². The summed E-state index contributed by atoms with van der Waals surface area (Å²) in [4.78, 5) is 21.9. The summed E-state index contributed by atoms with van der Waals surface area (Å²) in [6.07, 6.45) is 11.0. The summed E-state index contributed by atoms with van der Waals surface area (Å²) in [6.45, 7) is 3.80. The Morgan fingerprint density at radius 2 is 0.776 bits per heavy atom. The number of nitrogens with zero attached hydrogens (tertiary/aromatic N) is 8. The molecule has 0 aliphatic carbocycles. The first-order valence-electron chi connectivity index (χ1n) is 16.3. The van der Waals surface area contributed by atoms with Crippen molar-refractivity contribution in [3.05, 3.63) is 156 Å². The quantitative estimate of drug-likeness (QED) is 0.104. The molecule has 2 aromatic carbocycles. The van der Waals surface area contributed by atoms with Crippen LogP contribution in [0.1, 0.15) is 34.2 Å². The Balaban J connectivity index is 0.000000458. The predicted molar refractivity (Wildman–Crippen MR) is 173 cm³/mol. The summed E-state index contributed by atoms with van der Waals surface area (Å²) >= 11 is 0. The number of halogens is 2. The minimum atomic E-state index is -4.94. The normalized spacial score (nSPS) is 10.8. The molecule has 0 saturated carbocycles. The summed E-state index contributed by atoms with van der Waals surface area (Å²) in [5.41, 5.74) is 3.53. The van der Waals surface area contributed by atoms with E-state index in [4.69, 9.17) is 37.3 Å². The van der Waals surface area contributed by atoms with Gasteiger partial charge in [-0.25, -0.2) is 47.2 Å². The molecule has 0 bridgehead atoms. The van der Waals surface area contributed by atoms with Crippen molar-refractivity contribution in [3.63, 3.8) is 0 Å². The molecule has 0 aliphatic heterocycles. The zero-order chi connectivity index (χ0) is 41.1. The zero-order valence-electron chi connectivity index (χ0n) is 30.8. The molecule has 0 spiro atoms. The maximum Gasteiger partial charge on any atom is 2.00 e. The van der Waals surface area contributed by atoms with Crippen LogP contribution < -0.4 is 47.5 Å². The van der Waals surface area contributed by atoms with E-state index in [0.29, 0.717) is 39.3 Å². The van der Waals surface area contributed by atoms with Gasteiger partial charge in [0.2, 0.25) is 0 Å². The van der Waals surface area contributed by atoms with E-state index in [1.807, 2.05) is 96.3 Å². The second kappa shape index (κ2) is 26.2. The van der Waals surface area contributed by atoms with Gasteiger partial charge in [-0.1, -0.05) is 60.7 Å². The first kappa shape index (κ1) is 52.0. The van der Waals surface area contributed by atoms with Crippen LogP contribution in [0.15, 0.2) is 122 Å². The van der Waals surface area contributed by atoms with Crippen molar-refractivity contribution in [2.24, 2.45) is 14.1 Å². The van der Waals surface area contributed by atoms with Crippen molar-refractivity contribution in [1.82, 2.24) is 38.9 Å². The average Bonchev–Trinajstić information content (AvgIpc) is 3.72. The molecule has 0 saturated heterocycles. The van der Waals surface area contributed by atoms with Crippen molar-refractivity contribution in [1.29, 1.82) is 0 Å². The van der Waals surface area contributed by atoms with Crippen LogP contribution in [0.25, 0.3) is 0 Å². The Kier molecular flexibility index (Phi) is 23.4. The van der Waals surface area contributed by atoms with E-state index < -0.39 is 20.5 Å². The number of aryl methyl sites for hydroxylation is 2. The van der Waals surface area contributed by atoms with E-state index in [0.717, 1.165) is 34.2 Å². The molecule has 318 valence electrons. The Hall–Kier alpha value is -4.02. The number of imidazole rings is 2. The number of para-hydroxylation sites is 2. The molecule has 6 aromatic rings. The SMILES string of the molecule is Cn1ccnc1CN(Cc1ccccn1)Cc1ccccc1[O-].Cn1ccnc1CN(Cc1ccccn1)Cc1ccccc1[O-].[Cu+2].[Cu+2].[O-][Cl+3]([O-])([O-])[O-].[O-][Cl+3]([O-])([O-])[O-]. The summed E-state index contributed by atoms with van der Waals surface area (Å²) in [6, 6.07) is 26.1. The van der Waals surface area contributed by atoms with E-state index in [9.17, 15) is 10.2 Å². The monoisotopic (exact) mass is 938 g/mol. The van der Waals surface area contributed by atoms with Crippen LogP contribution in [0.5, 0.6) is 11.5 Å². The van der Waals surface area contributed by atoms with E-state index in [1.54, 1.807) is 49.1 Å². The standard InChI is InChI=1S/2C18H20N4O.2ClHO4.2Cu/c2*1-21-11-10-20-18(21)14-22(13-16-7-4-5-9-19-16)12-15-6-2-3-8-17(15)23;2*2-1(3,4)5;;/h2*2-11,23H,12-14H2,1H3;2*(H,2,3,4,5);;/q;;;;2*+2/p-4. The van der Waals surface area contributed by atoms with Gasteiger partial charge in [0.15, 0.2) is 0 Å². The molecule has 0 fully saturated rings. The van der Waals surface area contributed by atoms with Crippen LogP contribution in [0.4, 0.5) is 0 Å². The van der Waals surface area contributed by atoms with Gasteiger partial charge in [-0.05, 0) is 35.4 Å². The van der Waals surface area contributed by atoms with Gasteiger partial charge in [0.1, 0.15) is 11.6 Å². The minimum absolute atomic E-state index is 0. The van der Waals surface area contributed by atoms with E-state index >= 15 is 0 Å². The van der Waals surface area contributed by atoms with E-state index in [1.165, 1.54) is 0 Å². The third-order valence-electron chi connectivity index (χ3n) is 7.53. The van der Waals surface area contributed by atoms with Crippen LogP contribution in [0, 0.1) is 20.5 Å². The second-order valence-corrected chi connectivity index (χ2v) is 13.3. The fraction of sp³-hybridized carbons (Fsp3) is 0.222. The molecule has 0 aliphatic rings. The third kappa shape index (κ3) is 22.2. The molecule has 6 rings (SSSR count). The third-order valence-corrected chi connectivity index (χ3v) is 7.53. The Morgan fingerprint density at radius 3 is 1.05 bits per heavy atom. The van der Waals surface area contributed by atoms with Gasteiger partial charge in [0.05, 0.1) is 24.5 Å². The van der Waals surface area contributed by atoms with Gasteiger partial charge in [0, 0.05) is 77.5 Å². The second-order valence-electron chi connectivity index (χ2n) is 11.8. The maximum atomic E-state index is 12.0. The first-order chi connectivity index (χ1) is 26.4. The fourth-order valence-electron chi connectivity index (χ4n) is 5.03. The van der Waals surface area contributed by atoms with Gasteiger partial charge in [-0.15, -0.1) is 32.0 Å². The van der Waals surface area contributed by atoms with Crippen LogP contribution in [-0.2, 0) is 87.5 Å². The summed E-state index contributed by atoms with van der Waals surface area (Å²) in [7, 11) is -5.94. The van der Waals surface area contributed by atoms with Crippen LogP contribution in [-0.4, -0.2) is 38.9 Å². The minimum Gasteiger partial charge on any atom is -0.872 e. The van der Waals surface area contributed by atoms with Crippen molar-refractivity contribution in [3.8, 4) is 11.5 Å². The molecule has 0 amide bonds. The van der Waals surface area contributed by atoms with Crippen molar-refractivity contribution in [2.75, 3.05) is 0 Å². The molecule has 0 unspecified atom stereocenters. The number of aromatic nitrogens is 6. The molecule has 4 aromatic heterocycles. The molecule has 18 nitrogen and oxygen atoms in total. The predicted octanol–water partition coefficient (Wildman–Crippen LogP) is -5.33. The largest absolute Gasteiger partial charge is 2.00 e. The average molecular weight is 941 g/mol. The van der Waals surface area contributed by atoms with E-state index in [-0.39, 0.29) is 45.6 Å². The van der Waals surface area contributed by atoms with Gasteiger partial charge >= 0.3 is 34.1 Å². The molecule has 0 atom stereocenters. The van der Waals surface area contributed by atoms with Crippen LogP contribution in [0.3, 0.4) is 0 Å². The number of hydrogen-bond donors (Lipinski definition) is 0. The molecule has 22 heteroatoms. The first-order valence-corrected chi connectivity index (χ1v) is 18.8. The van der Waals surface area contributed by atoms with Gasteiger partial charge in [-0.2, -0.15) is 0 Å². The number of pyridine rings is 2. The smallest absolute Gasteiger partial charge is 0.872 e. The van der Waals surface area contributed by atoms with Gasteiger partial charge in [-0.3, -0.25) is 19.8 Å². The summed E-state index contributed by atoms with van der Waals surface area (Å²) in [5, 5.41) is 24.0. The summed E-state index contributed by atoms with van der Waals surface area (Å²) < 4.78 is 71.9. The zero-order valence-corrected chi connectivity index (χ0v) is 34.2. The van der Waals surface area contributed by atoms with Crippen molar-refractivity contribution >= 4 is 0 Å². The van der Waals surface area contributed by atoms with Crippen LogP contribution in [0.2, 0.25) is 0 Å². The van der Waals surface area contributed by atoms with Crippen molar-refractivity contribution < 1.29 is 102 Å². The molecule has 2 radical (unpaired) electrons. The summed E-state index contributed by atoms with van der Waals surface area (Å²) in [5.74, 6) is 2.06. The molecule has 4 heterocycles. The Bertz CT molecular complexity index is 1850.